The van der Waals surface area contributed by atoms with Crippen molar-refractivity contribution in [3.8, 4) is 11.5 Å². The normalized spacial score (nSPS) is 10.6. The second-order valence-corrected chi connectivity index (χ2v) is 5.10. The lowest BCUT2D eigenvalue weighted by molar-refractivity contribution is 0.408. The van der Waals surface area contributed by atoms with Crippen molar-refractivity contribution < 1.29 is 13.5 Å². The van der Waals surface area contributed by atoms with Gasteiger partial charge in [-0.05, 0) is 30.8 Å². The molecule has 0 amide bonds. The molecule has 0 bridgehead atoms. The minimum absolute atomic E-state index is 0.0118. The van der Waals surface area contributed by atoms with Crippen molar-refractivity contribution >= 4 is 15.9 Å². The van der Waals surface area contributed by atoms with Crippen molar-refractivity contribution in [2.75, 3.05) is 6.54 Å². The summed E-state index contributed by atoms with van der Waals surface area (Å²) in [6.07, 6.45) is 0. The Kier molecular flexibility index (Phi) is 5.09. The van der Waals surface area contributed by atoms with Gasteiger partial charge in [0.2, 0.25) is 0 Å². The molecule has 2 aromatic carbocycles. The molecule has 0 aromatic heterocycles. The zero-order valence-electron chi connectivity index (χ0n) is 10.9. The first-order valence-electron chi connectivity index (χ1n) is 6.23. The van der Waals surface area contributed by atoms with E-state index in [4.69, 9.17) is 4.74 Å². The predicted molar refractivity (Wildman–Crippen MR) is 78.0 cm³/mol. The first kappa shape index (κ1) is 14.9. The molecule has 0 radical (unpaired) electrons. The maximum atomic E-state index is 13.9. The lowest BCUT2D eigenvalue weighted by Crippen LogP contribution is -2.13. The minimum Gasteiger partial charge on any atom is -0.451 e. The Bertz CT molecular complexity index is 604. The summed E-state index contributed by atoms with van der Waals surface area (Å²) in [5.74, 6) is -1.02. The Morgan fingerprint density at radius 3 is 2.70 bits per heavy atom. The van der Waals surface area contributed by atoms with E-state index in [1.54, 1.807) is 18.2 Å². The second-order valence-electron chi connectivity index (χ2n) is 4.19. The summed E-state index contributed by atoms with van der Waals surface area (Å²) in [5.41, 5.74) is 0.645. The summed E-state index contributed by atoms with van der Waals surface area (Å²) in [4.78, 5) is 0. The van der Waals surface area contributed by atoms with Crippen LogP contribution in [0, 0.1) is 11.6 Å². The maximum absolute atomic E-state index is 13.9. The van der Waals surface area contributed by atoms with Crippen molar-refractivity contribution in [2.45, 2.75) is 13.5 Å². The Balaban J connectivity index is 2.34. The highest BCUT2D eigenvalue weighted by molar-refractivity contribution is 9.10. The van der Waals surface area contributed by atoms with Crippen molar-refractivity contribution in [3.05, 3.63) is 58.1 Å². The van der Waals surface area contributed by atoms with E-state index in [1.165, 1.54) is 18.2 Å². The van der Waals surface area contributed by atoms with Crippen LogP contribution in [0.4, 0.5) is 8.78 Å². The van der Waals surface area contributed by atoms with Gasteiger partial charge in [0, 0.05) is 16.6 Å². The van der Waals surface area contributed by atoms with E-state index < -0.39 is 11.6 Å². The summed E-state index contributed by atoms with van der Waals surface area (Å²) in [6.45, 7) is 3.16. The smallest absolute Gasteiger partial charge is 0.167 e. The number of benzene rings is 2. The highest BCUT2D eigenvalue weighted by atomic mass is 79.9. The van der Waals surface area contributed by atoms with Crippen molar-refractivity contribution in [2.24, 2.45) is 0 Å². The topological polar surface area (TPSA) is 21.3 Å². The molecular formula is C15H14BrF2NO. The molecule has 2 nitrogen and oxygen atoms in total. The van der Waals surface area contributed by atoms with Gasteiger partial charge in [-0.15, -0.1) is 0 Å². The average molecular weight is 342 g/mol. The summed E-state index contributed by atoms with van der Waals surface area (Å²) in [7, 11) is 0. The SMILES string of the molecule is CCNCc1cccc(F)c1Oc1cc(Br)ccc1F. The fourth-order valence-electron chi connectivity index (χ4n) is 1.73. The molecule has 5 heteroatoms. The quantitative estimate of drug-likeness (QED) is 0.856. The summed E-state index contributed by atoms with van der Waals surface area (Å²) in [6, 6.07) is 8.94. The van der Waals surface area contributed by atoms with Crippen LogP contribution in [0.5, 0.6) is 11.5 Å². The van der Waals surface area contributed by atoms with Gasteiger partial charge in [-0.1, -0.05) is 35.0 Å². The van der Waals surface area contributed by atoms with E-state index in [0.717, 1.165) is 6.54 Å². The van der Waals surface area contributed by atoms with E-state index in [9.17, 15) is 8.78 Å². The van der Waals surface area contributed by atoms with Crippen molar-refractivity contribution in [3.63, 3.8) is 0 Å². The Hall–Kier alpha value is -1.46. The molecule has 106 valence electrons. The molecular weight excluding hydrogens is 328 g/mol. The molecule has 0 atom stereocenters. The Morgan fingerprint density at radius 1 is 1.15 bits per heavy atom. The molecule has 20 heavy (non-hydrogen) atoms. The highest BCUT2D eigenvalue weighted by Gasteiger charge is 2.13. The second kappa shape index (κ2) is 6.81. The number of hydrogen-bond donors (Lipinski definition) is 1. The lowest BCUT2D eigenvalue weighted by Gasteiger charge is -2.13. The van der Waals surface area contributed by atoms with Gasteiger partial charge in [0.25, 0.3) is 0 Å². The molecule has 0 aliphatic heterocycles. The third-order valence-corrected chi connectivity index (χ3v) is 3.21. The average Bonchev–Trinajstić information content (AvgIpc) is 2.43. The van der Waals surface area contributed by atoms with Gasteiger partial charge in [0.1, 0.15) is 0 Å². The first-order chi connectivity index (χ1) is 9.61. The predicted octanol–water partition coefficient (Wildman–Crippen LogP) is 4.63. The largest absolute Gasteiger partial charge is 0.451 e. The lowest BCUT2D eigenvalue weighted by atomic mass is 10.2. The van der Waals surface area contributed by atoms with Crippen LogP contribution in [-0.4, -0.2) is 6.54 Å². The number of nitrogens with one attached hydrogen (secondary N) is 1. The number of rotatable bonds is 5. The molecule has 0 saturated carbocycles. The van der Waals surface area contributed by atoms with Crippen LogP contribution in [0.25, 0.3) is 0 Å². The molecule has 0 saturated heterocycles. The third kappa shape index (κ3) is 3.55. The van der Waals surface area contributed by atoms with Gasteiger partial charge < -0.3 is 10.1 Å². The van der Waals surface area contributed by atoms with Crippen LogP contribution in [-0.2, 0) is 6.54 Å². The first-order valence-corrected chi connectivity index (χ1v) is 7.02. The van der Waals surface area contributed by atoms with Crippen LogP contribution < -0.4 is 10.1 Å². The zero-order valence-corrected chi connectivity index (χ0v) is 12.5. The van der Waals surface area contributed by atoms with E-state index in [1.807, 2.05) is 6.92 Å². The maximum Gasteiger partial charge on any atom is 0.167 e. The fraction of sp³-hybridized carbons (Fsp3) is 0.200. The monoisotopic (exact) mass is 341 g/mol. The molecule has 0 spiro atoms. The molecule has 0 unspecified atom stereocenters. The number of halogens is 3. The van der Waals surface area contributed by atoms with Gasteiger partial charge >= 0.3 is 0 Å². The Morgan fingerprint density at radius 2 is 1.95 bits per heavy atom. The molecule has 0 heterocycles. The van der Waals surface area contributed by atoms with Crippen LogP contribution in [0.2, 0.25) is 0 Å². The zero-order chi connectivity index (χ0) is 14.5. The van der Waals surface area contributed by atoms with Crippen molar-refractivity contribution in [1.82, 2.24) is 5.32 Å². The van der Waals surface area contributed by atoms with E-state index in [-0.39, 0.29) is 11.5 Å². The van der Waals surface area contributed by atoms with Gasteiger partial charge in [0.05, 0.1) is 0 Å². The van der Waals surface area contributed by atoms with Crippen LogP contribution >= 0.6 is 15.9 Å². The standard InChI is InChI=1S/C15H14BrF2NO/c1-2-19-9-10-4-3-5-13(18)15(10)20-14-8-11(16)6-7-12(14)17/h3-8,19H,2,9H2,1H3. The number of ether oxygens (including phenoxy) is 1. The summed E-state index contributed by atoms with van der Waals surface area (Å²) < 4.78 is 33.7. The number of para-hydroxylation sites is 1. The summed E-state index contributed by atoms with van der Waals surface area (Å²) in [5, 5.41) is 3.09. The van der Waals surface area contributed by atoms with Gasteiger partial charge in [-0.3, -0.25) is 0 Å². The van der Waals surface area contributed by atoms with Crippen molar-refractivity contribution in [1.29, 1.82) is 0 Å². The van der Waals surface area contributed by atoms with Gasteiger partial charge in [0.15, 0.2) is 23.1 Å². The van der Waals surface area contributed by atoms with Gasteiger partial charge in [-0.2, -0.15) is 0 Å². The minimum atomic E-state index is -0.536. The molecule has 2 rings (SSSR count). The van der Waals surface area contributed by atoms with Crippen LogP contribution in [0.3, 0.4) is 0 Å². The third-order valence-electron chi connectivity index (χ3n) is 2.72. The molecule has 0 fully saturated rings. The van der Waals surface area contributed by atoms with Crippen LogP contribution in [0.1, 0.15) is 12.5 Å². The molecule has 0 aliphatic rings. The van der Waals surface area contributed by atoms with E-state index in [0.29, 0.717) is 16.6 Å². The molecule has 2 aromatic rings. The number of hydrogen-bond acceptors (Lipinski definition) is 2. The van der Waals surface area contributed by atoms with Gasteiger partial charge in [-0.25, -0.2) is 8.78 Å². The van der Waals surface area contributed by atoms with E-state index in [2.05, 4.69) is 21.2 Å². The Labute approximate surface area is 124 Å². The molecule has 0 aliphatic carbocycles. The summed E-state index contributed by atoms with van der Waals surface area (Å²) >= 11 is 3.24. The van der Waals surface area contributed by atoms with Crippen LogP contribution in [0.15, 0.2) is 40.9 Å². The fourth-order valence-corrected chi connectivity index (χ4v) is 2.07. The molecule has 1 N–H and O–H groups in total. The van der Waals surface area contributed by atoms with E-state index >= 15 is 0 Å². The highest BCUT2D eigenvalue weighted by Crippen LogP contribution is 2.31.